The number of hydrogen-bond donors (Lipinski definition) is 1. The zero-order valence-corrected chi connectivity index (χ0v) is 6.89. The van der Waals surface area contributed by atoms with Crippen molar-refractivity contribution in [2.75, 3.05) is 24.3 Å². The molecule has 58 valence electrons. The van der Waals surface area contributed by atoms with Crippen LogP contribution in [0.3, 0.4) is 0 Å². The predicted octanol–water partition coefficient (Wildman–Crippen LogP) is 1.68. The Kier molecular flexibility index (Phi) is 1.28. The molecule has 0 saturated carbocycles. The first-order chi connectivity index (χ1) is 5.27. The van der Waals surface area contributed by atoms with Crippen LogP contribution in [0.1, 0.15) is 5.56 Å². The SMILES string of the molecule is CN(C)c1cc2ccc1CN2. The van der Waals surface area contributed by atoms with Crippen LogP contribution in [0, 0.1) is 0 Å². The van der Waals surface area contributed by atoms with E-state index in [1.165, 1.54) is 16.9 Å². The minimum atomic E-state index is 0.982. The average Bonchev–Trinajstić information content (AvgIpc) is 2.06. The number of nitrogens with one attached hydrogen (secondary N) is 1. The fraction of sp³-hybridized carbons (Fsp3) is 0.333. The molecule has 0 amide bonds. The lowest BCUT2D eigenvalue weighted by atomic mass is 10.1. The standard InChI is InChI=1S/C9H12N2/c1-11(2)9-5-8-4-3-7(9)6-10-8/h3-5,10H,6H2,1-2H3. The van der Waals surface area contributed by atoms with Crippen LogP contribution < -0.4 is 10.2 Å². The van der Waals surface area contributed by atoms with Gasteiger partial charge in [-0.05, 0) is 17.7 Å². The van der Waals surface area contributed by atoms with Crippen molar-refractivity contribution in [1.82, 2.24) is 0 Å². The molecule has 1 N–H and O–H groups in total. The second-order valence-electron chi connectivity index (χ2n) is 3.09. The van der Waals surface area contributed by atoms with E-state index in [0.29, 0.717) is 0 Å². The van der Waals surface area contributed by atoms with Crippen LogP contribution in [-0.2, 0) is 6.54 Å². The molecule has 0 atom stereocenters. The van der Waals surface area contributed by atoms with Gasteiger partial charge in [0.05, 0.1) is 0 Å². The smallest absolute Gasteiger partial charge is 0.0432 e. The zero-order chi connectivity index (χ0) is 7.84. The van der Waals surface area contributed by atoms with E-state index >= 15 is 0 Å². The Labute approximate surface area is 66.8 Å². The number of nitrogens with zero attached hydrogens (tertiary/aromatic N) is 1. The lowest BCUT2D eigenvalue weighted by Crippen LogP contribution is -2.16. The quantitative estimate of drug-likeness (QED) is 0.651. The molecule has 2 heterocycles. The highest BCUT2D eigenvalue weighted by Crippen LogP contribution is 2.28. The first kappa shape index (κ1) is 6.53. The Morgan fingerprint density at radius 1 is 1.36 bits per heavy atom. The lowest BCUT2D eigenvalue weighted by Gasteiger charge is -2.24. The van der Waals surface area contributed by atoms with Crippen molar-refractivity contribution in [1.29, 1.82) is 0 Å². The van der Waals surface area contributed by atoms with E-state index < -0.39 is 0 Å². The van der Waals surface area contributed by atoms with Crippen molar-refractivity contribution in [3.8, 4) is 0 Å². The third-order valence-corrected chi connectivity index (χ3v) is 2.05. The Morgan fingerprint density at radius 3 is 2.45 bits per heavy atom. The summed E-state index contributed by atoms with van der Waals surface area (Å²) in [5.41, 5.74) is 3.94. The minimum absolute atomic E-state index is 0.982. The summed E-state index contributed by atoms with van der Waals surface area (Å²) < 4.78 is 0. The molecule has 0 aliphatic carbocycles. The van der Waals surface area contributed by atoms with E-state index in [4.69, 9.17) is 0 Å². The van der Waals surface area contributed by atoms with Crippen LogP contribution in [0.25, 0.3) is 0 Å². The molecule has 11 heavy (non-hydrogen) atoms. The number of rotatable bonds is 1. The summed E-state index contributed by atoms with van der Waals surface area (Å²) in [6, 6.07) is 6.48. The first-order valence-electron chi connectivity index (χ1n) is 3.81. The Balaban J connectivity index is 2.52. The summed E-state index contributed by atoms with van der Waals surface area (Å²) >= 11 is 0. The molecule has 1 aromatic carbocycles. The molecular weight excluding hydrogens is 136 g/mol. The van der Waals surface area contributed by atoms with Crippen molar-refractivity contribution >= 4 is 11.4 Å². The maximum atomic E-state index is 3.29. The zero-order valence-electron chi connectivity index (χ0n) is 6.89. The Bertz CT molecular complexity index is 279. The molecule has 0 fully saturated rings. The number of fused-ring (bicyclic) bond motifs is 3. The molecule has 0 aromatic heterocycles. The molecule has 2 nitrogen and oxygen atoms in total. The van der Waals surface area contributed by atoms with Gasteiger partial charge in [0.1, 0.15) is 0 Å². The fourth-order valence-electron chi connectivity index (χ4n) is 1.44. The molecule has 2 heteroatoms. The van der Waals surface area contributed by atoms with Gasteiger partial charge in [-0.1, -0.05) is 6.07 Å². The van der Waals surface area contributed by atoms with Gasteiger partial charge in [-0.2, -0.15) is 0 Å². The van der Waals surface area contributed by atoms with Gasteiger partial charge in [0, 0.05) is 32.0 Å². The number of benzene rings is 1. The van der Waals surface area contributed by atoms with Crippen molar-refractivity contribution < 1.29 is 0 Å². The highest BCUT2D eigenvalue weighted by molar-refractivity contribution is 5.66. The Morgan fingerprint density at radius 2 is 2.18 bits per heavy atom. The van der Waals surface area contributed by atoms with Crippen molar-refractivity contribution in [2.45, 2.75) is 6.54 Å². The summed E-state index contributed by atoms with van der Waals surface area (Å²) in [4.78, 5) is 2.15. The van der Waals surface area contributed by atoms with Crippen LogP contribution in [-0.4, -0.2) is 14.1 Å². The van der Waals surface area contributed by atoms with E-state index in [2.05, 4.69) is 42.5 Å². The van der Waals surface area contributed by atoms with Crippen LogP contribution in [0.5, 0.6) is 0 Å². The molecule has 2 aliphatic heterocycles. The predicted molar refractivity (Wildman–Crippen MR) is 48.1 cm³/mol. The third kappa shape index (κ3) is 0.946. The monoisotopic (exact) mass is 148 g/mol. The minimum Gasteiger partial charge on any atom is -0.381 e. The summed E-state index contributed by atoms with van der Waals surface area (Å²) in [6.07, 6.45) is 0. The summed E-state index contributed by atoms with van der Waals surface area (Å²) in [6.45, 7) is 0.982. The van der Waals surface area contributed by atoms with Crippen molar-refractivity contribution in [2.24, 2.45) is 0 Å². The normalized spacial score (nSPS) is 12.9. The first-order valence-corrected chi connectivity index (χ1v) is 3.81. The van der Waals surface area contributed by atoms with Crippen molar-refractivity contribution in [3.63, 3.8) is 0 Å². The third-order valence-electron chi connectivity index (χ3n) is 2.05. The molecular formula is C9H12N2. The molecule has 2 bridgehead atoms. The largest absolute Gasteiger partial charge is 0.381 e. The number of hydrogen-bond acceptors (Lipinski definition) is 2. The van der Waals surface area contributed by atoms with E-state index in [0.717, 1.165) is 6.54 Å². The van der Waals surface area contributed by atoms with E-state index in [1.54, 1.807) is 0 Å². The summed E-state index contributed by atoms with van der Waals surface area (Å²) in [7, 11) is 4.15. The molecule has 0 radical (unpaired) electrons. The molecule has 0 saturated heterocycles. The fourth-order valence-corrected chi connectivity index (χ4v) is 1.44. The highest BCUT2D eigenvalue weighted by atomic mass is 15.1. The van der Waals surface area contributed by atoms with Gasteiger partial charge in [0.2, 0.25) is 0 Å². The van der Waals surface area contributed by atoms with E-state index in [9.17, 15) is 0 Å². The Hall–Kier alpha value is -1.18. The van der Waals surface area contributed by atoms with Gasteiger partial charge < -0.3 is 10.2 Å². The lowest BCUT2D eigenvalue weighted by molar-refractivity contribution is 1.04. The van der Waals surface area contributed by atoms with Crippen LogP contribution in [0.4, 0.5) is 11.4 Å². The molecule has 1 aromatic rings. The van der Waals surface area contributed by atoms with E-state index in [-0.39, 0.29) is 0 Å². The maximum Gasteiger partial charge on any atom is 0.0432 e. The molecule has 2 aliphatic rings. The topological polar surface area (TPSA) is 15.3 Å². The van der Waals surface area contributed by atoms with Crippen LogP contribution in [0.2, 0.25) is 0 Å². The number of anilines is 2. The van der Waals surface area contributed by atoms with Crippen LogP contribution >= 0.6 is 0 Å². The maximum absolute atomic E-state index is 3.29. The van der Waals surface area contributed by atoms with Gasteiger partial charge in [-0.25, -0.2) is 0 Å². The molecule has 0 spiro atoms. The van der Waals surface area contributed by atoms with Gasteiger partial charge in [0.25, 0.3) is 0 Å². The van der Waals surface area contributed by atoms with Crippen molar-refractivity contribution in [3.05, 3.63) is 23.8 Å². The van der Waals surface area contributed by atoms with E-state index in [1.807, 2.05) is 0 Å². The second kappa shape index (κ2) is 2.16. The molecule has 3 rings (SSSR count). The molecule has 0 unspecified atom stereocenters. The van der Waals surface area contributed by atoms with Gasteiger partial charge in [-0.15, -0.1) is 0 Å². The van der Waals surface area contributed by atoms with Gasteiger partial charge in [0.15, 0.2) is 0 Å². The van der Waals surface area contributed by atoms with Crippen LogP contribution in [0.15, 0.2) is 18.2 Å². The second-order valence-corrected chi connectivity index (χ2v) is 3.09. The highest BCUT2D eigenvalue weighted by Gasteiger charge is 2.10. The van der Waals surface area contributed by atoms with Gasteiger partial charge >= 0.3 is 0 Å². The van der Waals surface area contributed by atoms with Gasteiger partial charge in [-0.3, -0.25) is 0 Å². The summed E-state index contributed by atoms with van der Waals surface area (Å²) in [5.74, 6) is 0. The average molecular weight is 148 g/mol. The summed E-state index contributed by atoms with van der Waals surface area (Å²) in [5, 5.41) is 3.29.